The molecule has 0 aromatic heterocycles. The van der Waals surface area contributed by atoms with E-state index in [2.05, 4.69) is 5.32 Å². The van der Waals surface area contributed by atoms with Crippen LogP contribution < -0.4 is 10.1 Å². The summed E-state index contributed by atoms with van der Waals surface area (Å²) in [6, 6.07) is 11.1. The zero-order valence-corrected chi connectivity index (χ0v) is 12.3. The molecule has 20 heavy (non-hydrogen) atoms. The van der Waals surface area contributed by atoms with Crippen LogP contribution in [0, 0.1) is 19.7 Å². The van der Waals surface area contributed by atoms with E-state index in [9.17, 15) is 4.39 Å². The van der Waals surface area contributed by atoms with Gasteiger partial charge in [0.05, 0.1) is 0 Å². The molecule has 0 saturated heterocycles. The Morgan fingerprint density at radius 1 is 1.10 bits per heavy atom. The fourth-order valence-corrected chi connectivity index (χ4v) is 2.11. The van der Waals surface area contributed by atoms with Crippen LogP contribution in [-0.4, -0.2) is 7.05 Å². The van der Waals surface area contributed by atoms with Gasteiger partial charge >= 0.3 is 0 Å². The lowest BCUT2D eigenvalue weighted by atomic mass is 10.1. The summed E-state index contributed by atoms with van der Waals surface area (Å²) in [5, 5.41) is 3.09. The molecule has 0 aliphatic rings. The molecule has 0 saturated carbocycles. The van der Waals surface area contributed by atoms with Crippen molar-refractivity contribution in [3.05, 3.63) is 58.9 Å². The standard InChI is InChI=1S/C17H20FNO/c1-11-6-5-7-12(2)17(11)20-16-9-8-14(10-15(16)18)13(3)19-4/h5-10,13,19H,1-4H3. The average Bonchev–Trinajstić information content (AvgIpc) is 2.43. The molecule has 2 aromatic carbocycles. The number of hydrogen-bond acceptors (Lipinski definition) is 2. The number of nitrogens with one attached hydrogen (secondary N) is 1. The third-order valence-corrected chi connectivity index (χ3v) is 3.51. The topological polar surface area (TPSA) is 21.3 Å². The largest absolute Gasteiger partial charge is 0.454 e. The van der Waals surface area contributed by atoms with Crippen molar-refractivity contribution < 1.29 is 9.13 Å². The molecule has 0 aliphatic carbocycles. The molecule has 2 nitrogen and oxygen atoms in total. The van der Waals surface area contributed by atoms with Crippen LogP contribution in [0.1, 0.15) is 29.7 Å². The van der Waals surface area contributed by atoms with Gasteiger partial charge in [-0.2, -0.15) is 0 Å². The molecule has 0 heterocycles. The van der Waals surface area contributed by atoms with Crippen LogP contribution in [0.2, 0.25) is 0 Å². The first-order valence-corrected chi connectivity index (χ1v) is 6.73. The summed E-state index contributed by atoms with van der Waals surface area (Å²) in [7, 11) is 1.85. The summed E-state index contributed by atoms with van der Waals surface area (Å²) in [6.45, 7) is 5.90. The summed E-state index contributed by atoms with van der Waals surface area (Å²) >= 11 is 0. The Morgan fingerprint density at radius 2 is 1.75 bits per heavy atom. The number of para-hydroxylation sites is 1. The Hall–Kier alpha value is -1.87. The molecule has 0 aliphatic heterocycles. The highest BCUT2D eigenvalue weighted by Crippen LogP contribution is 2.31. The van der Waals surface area contributed by atoms with Crippen LogP contribution in [-0.2, 0) is 0 Å². The van der Waals surface area contributed by atoms with Crippen LogP contribution in [0.3, 0.4) is 0 Å². The van der Waals surface area contributed by atoms with Crippen molar-refractivity contribution in [3.8, 4) is 11.5 Å². The zero-order valence-electron chi connectivity index (χ0n) is 12.3. The van der Waals surface area contributed by atoms with Gasteiger partial charge < -0.3 is 10.1 Å². The van der Waals surface area contributed by atoms with Gasteiger partial charge in [-0.25, -0.2) is 4.39 Å². The second-order valence-electron chi connectivity index (χ2n) is 5.02. The van der Waals surface area contributed by atoms with E-state index in [1.165, 1.54) is 6.07 Å². The Bertz CT molecular complexity index is 590. The number of aryl methyl sites for hydroxylation is 2. The molecule has 106 valence electrons. The minimum absolute atomic E-state index is 0.110. The maximum atomic E-state index is 14.1. The fraction of sp³-hybridized carbons (Fsp3) is 0.294. The second kappa shape index (κ2) is 6.06. The van der Waals surface area contributed by atoms with Crippen molar-refractivity contribution >= 4 is 0 Å². The van der Waals surface area contributed by atoms with Gasteiger partial charge in [-0.15, -0.1) is 0 Å². The SMILES string of the molecule is CNC(C)c1ccc(Oc2c(C)cccc2C)c(F)c1. The lowest BCUT2D eigenvalue weighted by Crippen LogP contribution is -2.12. The van der Waals surface area contributed by atoms with Crippen LogP contribution in [0.15, 0.2) is 36.4 Å². The molecule has 1 atom stereocenters. The molecule has 2 aromatic rings. The third kappa shape index (κ3) is 2.99. The van der Waals surface area contributed by atoms with E-state index < -0.39 is 0 Å². The number of halogens is 1. The lowest BCUT2D eigenvalue weighted by Gasteiger charge is -2.15. The number of ether oxygens (including phenoxy) is 1. The minimum Gasteiger partial charge on any atom is -0.454 e. The Balaban J connectivity index is 2.31. The van der Waals surface area contributed by atoms with Gasteiger partial charge in [-0.3, -0.25) is 0 Å². The molecule has 1 unspecified atom stereocenters. The van der Waals surface area contributed by atoms with Crippen molar-refractivity contribution in [1.82, 2.24) is 5.32 Å². The molecule has 0 amide bonds. The van der Waals surface area contributed by atoms with Crippen molar-refractivity contribution in [2.45, 2.75) is 26.8 Å². The van der Waals surface area contributed by atoms with Gasteiger partial charge in [0.1, 0.15) is 5.75 Å². The predicted octanol–water partition coefficient (Wildman–Crippen LogP) is 4.52. The highest BCUT2D eigenvalue weighted by Gasteiger charge is 2.11. The Morgan fingerprint density at radius 3 is 2.30 bits per heavy atom. The molecule has 1 N–H and O–H groups in total. The molecular weight excluding hydrogens is 253 g/mol. The maximum absolute atomic E-state index is 14.1. The van der Waals surface area contributed by atoms with E-state index >= 15 is 0 Å². The summed E-state index contributed by atoms with van der Waals surface area (Å²) in [4.78, 5) is 0. The smallest absolute Gasteiger partial charge is 0.166 e. The average molecular weight is 273 g/mol. The number of hydrogen-bond donors (Lipinski definition) is 1. The Labute approximate surface area is 119 Å². The summed E-state index contributed by atoms with van der Waals surface area (Å²) in [5.41, 5.74) is 2.90. The van der Waals surface area contributed by atoms with Crippen LogP contribution in [0.4, 0.5) is 4.39 Å². The van der Waals surface area contributed by atoms with E-state index in [4.69, 9.17) is 4.74 Å². The molecule has 0 bridgehead atoms. The first kappa shape index (κ1) is 14.5. The lowest BCUT2D eigenvalue weighted by molar-refractivity contribution is 0.435. The van der Waals surface area contributed by atoms with Crippen molar-refractivity contribution in [3.63, 3.8) is 0 Å². The summed E-state index contributed by atoms with van der Waals surface area (Å²) in [5.74, 6) is 0.641. The van der Waals surface area contributed by atoms with E-state index in [1.807, 2.05) is 52.1 Å². The van der Waals surface area contributed by atoms with Crippen LogP contribution in [0.5, 0.6) is 11.5 Å². The van der Waals surface area contributed by atoms with Gasteiger partial charge in [-0.1, -0.05) is 24.3 Å². The van der Waals surface area contributed by atoms with E-state index in [-0.39, 0.29) is 17.6 Å². The fourth-order valence-electron chi connectivity index (χ4n) is 2.11. The van der Waals surface area contributed by atoms with Crippen LogP contribution in [0.25, 0.3) is 0 Å². The van der Waals surface area contributed by atoms with Crippen LogP contribution >= 0.6 is 0 Å². The molecular formula is C17H20FNO. The number of benzene rings is 2. The van der Waals surface area contributed by atoms with E-state index in [0.29, 0.717) is 0 Å². The van der Waals surface area contributed by atoms with Crippen molar-refractivity contribution in [1.29, 1.82) is 0 Å². The summed E-state index contributed by atoms with van der Waals surface area (Å²) < 4.78 is 19.9. The first-order chi connectivity index (χ1) is 9.52. The van der Waals surface area contributed by atoms with Crippen molar-refractivity contribution in [2.75, 3.05) is 7.05 Å². The zero-order chi connectivity index (χ0) is 14.7. The first-order valence-electron chi connectivity index (χ1n) is 6.73. The van der Waals surface area contributed by atoms with Gasteiger partial charge in [0.2, 0.25) is 0 Å². The molecule has 3 heteroatoms. The van der Waals surface area contributed by atoms with Gasteiger partial charge in [0.15, 0.2) is 11.6 Å². The van der Waals surface area contributed by atoms with Gasteiger partial charge in [0.25, 0.3) is 0 Å². The Kier molecular flexibility index (Phi) is 4.40. The number of rotatable bonds is 4. The molecule has 2 rings (SSSR count). The quantitative estimate of drug-likeness (QED) is 0.884. The third-order valence-electron chi connectivity index (χ3n) is 3.51. The molecule has 0 radical (unpaired) electrons. The minimum atomic E-state index is -0.341. The van der Waals surface area contributed by atoms with Gasteiger partial charge in [-0.05, 0) is 56.6 Å². The molecule has 0 spiro atoms. The predicted molar refractivity (Wildman–Crippen MR) is 79.9 cm³/mol. The summed E-state index contributed by atoms with van der Waals surface area (Å²) in [6.07, 6.45) is 0. The normalized spacial score (nSPS) is 12.2. The monoisotopic (exact) mass is 273 g/mol. The second-order valence-corrected chi connectivity index (χ2v) is 5.02. The van der Waals surface area contributed by atoms with E-state index in [0.717, 1.165) is 22.4 Å². The highest BCUT2D eigenvalue weighted by molar-refractivity contribution is 5.43. The van der Waals surface area contributed by atoms with E-state index in [1.54, 1.807) is 6.07 Å². The maximum Gasteiger partial charge on any atom is 0.166 e. The van der Waals surface area contributed by atoms with Crippen molar-refractivity contribution in [2.24, 2.45) is 0 Å². The van der Waals surface area contributed by atoms with Gasteiger partial charge in [0, 0.05) is 6.04 Å². The molecule has 0 fully saturated rings. The highest BCUT2D eigenvalue weighted by atomic mass is 19.1.